The number of nitrogens with one attached hydrogen (secondary N) is 1. The SMILES string of the molecule is Cc1ccc(C(=O)O)cc1N1CC2CNCCC2(F)C1=O. The number of amides is 1. The smallest absolute Gasteiger partial charge is 0.335 e. The first-order valence-corrected chi connectivity index (χ1v) is 6.99. The number of hydrogen-bond acceptors (Lipinski definition) is 3. The Morgan fingerprint density at radius 1 is 1.52 bits per heavy atom. The first-order chi connectivity index (χ1) is 9.93. The van der Waals surface area contributed by atoms with Crippen molar-refractivity contribution in [3.63, 3.8) is 0 Å². The van der Waals surface area contributed by atoms with Crippen molar-refractivity contribution >= 4 is 17.6 Å². The first kappa shape index (κ1) is 14.0. The number of anilines is 1. The van der Waals surface area contributed by atoms with Crippen LogP contribution in [-0.4, -0.2) is 42.3 Å². The largest absolute Gasteiger partial charge is 0.478 e. The molecule has 21 heavy (non-hydrogen) atoms. The van der Waals surface area contributed by atoms with Crippen LogP contribution in [0.3, 0.4) is 0 Å². The number of rotatable bonds is 2. The number of carboxylic acids is 1. The molecule has 2 heterocycles. The van der Waals surface area contributed by atoms with Crippen LogP contribution < -0.4 is 10.2 Å². The molecule has 1 aromatic rings. The standard InChI is InChI=1S/C15H17FN2O3/c1-9-2-3-10(13(19)20)6-12(9)18-8-11-7-17-5-4-15(11,16)14(18)21/h2-3,6,11,17H,4-5,7-8H2,1H3,(H,19,20). The average Bonchev–Trinajstić information content (AvgIpc) is 2.72. The predicted molar refractivity (Wildman–Crippen MR) is 75.3 cm³/mol. The quantitative estimate of drug-likeness (QED) is 0.863. The summed E-state index contributed by atoms with van der Waals surface area (Å²) >= 11 is 0. The van der Waals surface area contributed by atoms with Gasteiger partial charge >= 0.3 is 5.97 Å². The van der Waals surface area contributed by atoms with Crippen LogP contribution in [0.15, 0.2) is 18.2 Å². The minimum atomic E-state index is -1.82. The van der Waals surface area contributed by atoms with Gasteiger partial charge in [-0.1, -0.05) is 6.07 Å². The molecule has 0 radical (unpaired) electrons. The molecule has 1 amide bonds. The summed E-state index contributed by atoms with van der Waals surface area (Å²) in [5.41, 5.74) is -0.462. The van der Waals surface area contributed by atoms with Crippen molar-refractivity contribution in [2.45, 2.75) is 19.0 Å². The van der Waals surface area contributed by atoms with Crippen LogP contribution in [-0.2, 0) is 4.79 Å². The molecule has 1 aromatic carbocycles. The summed E-state index contributed by atoms with van der Waals surface area (Å²) in [5, 5.41) is 12.2. The highest BCUT2D eigenvalue weighted by atomic mass is 19.1. The lowest BCUT2D eigenvalue weighted by atomic mass is 9.86. The van der Waals surface area contributed by atoms with E-state index in [1.807, 2.05) is 0 Å². The second kappa shape index (κ2) is 4.80. The van der Waals surface area contributed by atoms with Crippen LogP contribution in [0.25, 0.3) is 0 Å². The van der Waals surface area contributed by atoms with Crippen molar-refractivity contribution in [3.8, 4) is 0 Å². The fourth-order valence-electron chi connectivity index (χ4n) is 3.17. The average molecular weight is 292 g/mol. The van der Waals surface area contributed by atoms with E-state index in [9.17, 15) is 14.0 Å². The van der Waals surface area contributed by atoms with E-state index >= 15 is 0 Å². The molecule has 0 aromatic heterocycles. The van der Waals surface area contributed by atoms with Gasteiger partial charge in [-0.05, 0) is 31.2 Å². The van der Waals surface area contributed by atoms with E-state index in [1.54, 1.807) is 13.0 Å². The monoisotopic (exact) mass is 292 g/mol. The Hall–Kier alpha value is -1.95. The Balaban J connectivity index is 2.00. The third kappa shape index (κ3) is 2.10. The van der Waals surface area contributed by atoms with E-state index in [0.29, 0.717) is 18.8 Å². The summed E-state index contributed by atoms with van der Waals surface area (Å²) in [5.74, 6) is -1.98. The number of piperidine rings is 1. The van der Waals surface area contributed by atoms with Gasteiger partial charge in [-0.3, -0.25) is 4.79 Å². The summed E-state index contributed by atoms with van der Waals surface area (Å²) in [4.78, 5) is 25.0. The summed E-state index contributed by atoms with van der Waals surface area (Å²) < 4.78 is 14.9. The van der Waals surface area contributed by atoms with E-state index in [4.69, 9.17) is 5.11 Å². The lowest BCUT2D eigenvalue weighted by Crippen LogP contribution is -2.49. The number of carbonyl (C=O) groups is 2. The van der Waals surface area contributed by atoms with Crippen LogP contribution in [0.2, 0.25) is 0 Å². The van der Waals surface area contributed by atoms with Gasteiger partial charge in [0.05, 0.1) is 5.56 Å². The Labute approximate surface area is 121 Å². The molecule has 3 rings (SSSR count). The number of fused-ring (bicyclic) bond motifs is 1. The van der Waals surface area contributed by atoms with E-state index in [1.165, 1.54) is 17.0 Å². The summed E-state index contributed by atoms with van der Waals surface area (Å²) in [6.45, 7) is 3.03. The molecule has 5 nitrogen and oxygen atoms in total. The molecule has 2 fully saturated rings. The Morgan fingerprint density at radius 2 is 2.29 bits per heavy atom. The molecule has 2 saturated heterocycles. The molecule has 2 atom stereocenters. The second-order valence-corrected chi connectivity index (χ2v) is 5.74. The topological polar surface area (TPSA) is 69.6 Å². The number of carbonyl (C=O) groups excluding carboxylic acids is 1. The minimum absolute atomic E-state index is 0.101. The lowest BCUT2D eigenvalue weighted by molar-refractivity contribution is -0.130. The molecule has 112 valence electrons. The van der Waals surface area contributed by atoms with Gasteiger partial charge in [0.15, 0.2) is 5.67 Å². The number of aromatic carboxylic acids is 1. The maximum atomic E-state index is 14.9. The maximum absolute atomic E-state index is 14.9. The molecule has 2 unspecified atom stereocenters. The Morgan fingerprint density at radius 3 is 2.95 bits per heavy atom. The third-order valence-electron chi connectivity index (χ3n) is 4.45. The predicted octanol–water partition coefficient (Wildman–Crippen LogP) is 1.36. The number of halogens is 1. The molecule has 0 saturated carbocycles. The molecular formula is C15H17FN2O3. The highest BCUT2D eigenvalue weighted by Crippen LogP contribution is 2.40. The van der Waals surface area contributed by atoms with Crippen molar-refractivity contribution < 1.29 is 19.1 Å². The van der Waals surface area contributed by atoms with Crippen LogP contribution in [0, 0.1) is 12.8 Å². The number of carboxylic acid groups (broad SMARTS) is 1. The zero-order chi connectivity index (χ0) is 15.2. The number of alkyl halides is 1. The lowest BCUT2D eigenvalue weighted by Gasteiger charge is -2.29. The van der Waals surface area contributed by atoms with Crippen LogP contribution in [0.1, 0.15) is 22.3 Å². The molecule has 0 aliphatic carbocycles. The van der Waals surface area contributed by atoms with Gasteiger partial charge in [-0.25, -0.2) is 9.18 Å². The molecular weight excluding hydrogens is 275 g/mol. The number of hydrogen-bond donors (Lipinski definition) is 2. The summed E-state index contributed by atoms with van der Waals surface area (Å²) in [6.07, 6.45) is 0.171. The summed E-state index contributed by atoms with van der Waals surface area (Å²) in [6, 6.07) is 4.59. The number of benzene rings is 1. The Kier molecular flexibility index (Phi) is 3.20. The van der Waals surface area contributed by atoms with Gasteiger partial charge in [0.1, 0.15) is 0 Å². The molecule has 0 spiro atoms. The van der Waals surface area contributed by atoms with Gasteiger partial charge < -0.3 is 15.3 Å². The van der Waals surface area contributed by atoms with Gasteiger partial charge in [0.2, 0.25) is 0 Å². The highest BCUT2D eigenvalue weighted by Gasteiger charge is 2.56. The fourth-order valence-corrected chi connectivity index (χ4v) is 3.17. The minimum Gasteiger partial charge on any atom is -0.478 e. The molecule has 2 aliphatic heterocycles. The maximum Gasteiger partial charge on any atom is 0.335 e. The first-order valence-electron chi connectivity index (χ1n) is 6.99. The molecule has 2 aliphatic rings. The van der Waals surface area contributed by atoms with E-state index in [0.717, 1.165) is 5.56 Å². The zero-order valence-corrected chi connectivity index (χ0v) is 11.7. The van der Waals surface area contributed by atoms with Gasteiger partial charge in [-0.15, -0.1) is 0 Å². The molecule has 0 bridgehead atoms. The van der Waals surface area contributed by atoms with Crippen LogP contribution in [0.5, 0.6) is 0 Å². The van der Waals surface area contributed by atoms with Gasteiger partial charge in [0, 0.05) is 31.1 Å². The van der Waals surface area contributed by atoms with Crippen molar-refractivity contribution in [2.24, 2.45) is 5.92 Å². The zero-order valence-electron chi connectivity index (χ0n) is 11.7. The van der Waals surface area contributed by atoms with Crippen molar-refractivity contribution in [1.82, 2.24) is 5.32 Å². The van der Waals surface area contributed by atoms with Crippen LogP contribution >= 0.6 is 0 Å². The fraction of sp³-hybridized carbons (Fsp3) is 0.467. The van der Waals surface area contributed by atoms with Crippen molar-refractivity contribution in [2.75, 3.05) is 24.5 Å². The van der Waals surface area contributed by atoms with E-state index in [2.05, 4.69) is 5.32 Å². The van der Waals surface area contributed by atoms with E-state index in [-0.39, 0.29) is 24.4 Å². The van der Waals surface area contributed by atoms with Gasteiger partial charge in [0.25, 0.3) is 5.91 Å². The second-order valence-electron chi connectivity index (χ2n) is 5.74. The highest BCUT2D eigenvalue weighted by molar-refractivity contribution is 6.03. The third-order valence-corrected chi connectivity index (χ3v) is 4.45. The van der Waals surface area contributed by atoms with Gasteiger partial charge in [-0.2, -0.15) is 0 Å². The van der Waals surface area contributed by atoms with Crippen LogP contribution in [0.4, 0.5) is 10.1 Å². The van der Waals surface area contributed by atoms with E-state index < -0.39 is 17.5 Å². The molecule has 6 heteroatoms. The van der Waals surface area contributed by atoms with Crippen molar-refractivity contribution in [3.05, 3.63) is 29.3 Å². The normalized spacial score (nSPS) is 28.6. The number of aryl methyl sites for hydroxylation is 1. The summed E-state index contributed by atoms with van der Waals surface area (Å²) in [7, 11) is 0. The van der Waals surface area contributed by atoms with Crippen molar-refractivity contribution in [1.29, 1.82) is 0 Å². The Bertz CT molecular complexity index is 619. The molecule has 2 N–H and O–H groups in total. The number of nitrogens with zero attached hydrogens (tertiary/aromatic N) is 1.